The number of rotatable bonds is 2. The van der Waals surface area contributed by atoms with E-state index in [2.05, 4.69) is 43.1 Å². The Bertz CT molecular complexity index is 573. The number of pyridine rings is 1. The number of carbonyl (C=O) groups excluding carboxylic acids is 1. The van der Waals surface area contributed by atoms with Crippen LogP contribution >= 0.6 is 0 Å². The quantitative estimate of drug-likeness (QED) is 0.904. The van der Waals surface area contributed by atoms with Gasteiger partial charge in [0.05, 0.1) is 0 Å². The van der Waals surface area contributed by atoms with Crippen LogP contribution in [0.15, 0.2) is 12.1 Å². The lowest BCUT2D eigenvalue weighted by Gasteiger charge is -2.32. The molecule has 0 radical (unpaired) electrons. The second kappa shape index (κ2) is 6.48. The zero-order valence-corrected chi connectivity index (χ0v) is 14.6. The zero-order valence-electron chi connectivity index (χ0n) is 14.6. The van der Waals surface area contributed by atoms with Crippen LogP contribution in [0.3, 0.4) is 0 Å². The van der Waals surface area contributed by atoms with Gasteiger partial charge in [0.1, 0.15) is 5.82 Å². The molecular formula is C18H28N4O. The number of hydrogen-bond acceptors (Lipinski definition) is 4. The van der Waals surface area contributed by atoms with Crippen LogP contribution in [-0.2, 0) is 17.8 Å². The average Bonchev–Trinajstić information content (AvgIpc) is 2.53. The first-order valence-electron chi connectivity index (χ1n) is 8.65. The Hall–Kier alpha value is -1.62. The molecule has 1 aromatic rings. The number of piperazine rings is 1. The molecule has 23 heavy (non-hydrogen) atoms. The normalized spacial score (nSPS) is 18.7. The molecular weight excluding hydrogens is 288 g/mol. The molecule has 0 unspecified atom stereocenters. The lowest BCUT2D eigenvalue weighted by atomic mass is 9.91. The third-order valence-corrected chi connectivity index (χ3v) is 4.51. The van der Waals surface area contributed by atoms with Crippen molar-refractivity contribution in [2.45, 2.75) is 40.2 Å². The summed E-state index contributed by atoms with van der Waals surface area (Å²) in [5, 5.41) is 3.37. The fourth-order valence-corrected chi connectivity index (χ4v) is 3.25. The van der Waals surface area contributed by atoms with Crippen LogP contribution in [0.2, 0.25) is 0 Å². The van der Waals surface area contributed by atoms with E-state index in [0.29, 0.717) is 13.0 Å². The Labute approximate surface area is 139 Å². The van der Waals surface area contributed by atoms with E-state index in [-0.39, 0.29) is 11.3 Å². The predicted molar refractivity (Wildman–Crippen MR) is 92.5 cm³/mol. The molecule has 5 nitrogen and oxygen atoms in total. The summed E-state index contributed by atoms with van der Waals surface area (Å²) in [5.41, 5.74) is 2.42. The molecule has 1 aromatic heterocycles. The molecule has 1 fully saturated rings. The van der Waals surface area contributed by atoms with Crippen LogP contribution in [-0.4, -0.2) is 48.5 Å². The van der Waals surface area contributed by atoms with Gasteiger partial charge >= 0.3 is 0 Å². The Balaban J connectivity index is 1.69. The summed E-state index contributed by atoms with van der Waals surface area (Å²) < 4.78 is 0. The Morgan fingerprint density at radius 3 is 2.65 bits per heavy atom. The Morgan fingerprint density at radius 1 is 1.22 bits per heavy atom. The predicted octanol–water partition coefficient (Wildman–Crippen LogP) is 1.81. The Kier molecular flexibility index (Phi) is 4.57. The molecule has 2 aliphatic rings. The van der Waals surface area contributed by atoms with Crippen molar-refractivity contribution in [2.24, 2.45) is 5.41 Å². The fourth-order valence-electron chi connectivity index (χ4n) is 3.25. The van der Waals surface area contributed by atoms with Crippen molar-refractivity contribution in [3.63, 3.8) is 0 Å². The summed E-state index contributed by atoms with van der Waals surface area (Å²) in [4.78, 5) is 21.6. The highest BCUT2D eigenvalue weighted by atomic mass is 16.2. The third-order valence-electron chi connectivity index (χ3n) is 4.51. The van der Waals surface area contributed by atoms with Crippen LogP contribution in [0, 0.1) is 5.41 Å². The van der Waals surface area contributed by atoms with Gasteiger partial charge in [0.2, 0.25) is 5.91 Å². The summed E-state index contributed by atoms with van der Waals surface area (Å²) >= 11 is 0. The highest BCUT2D eigenvalue weighted by molar-refractivity contribution is 5.77. The highest BCUT2D eigenvalue weighted by Crippen LogP contribution is 2.25. The minimum Gasteiger partial charge on any atom is -0.354 e. The van der Waals surface area contributed by atoms with E-state index in [1.54, 1.807) is 0 Å². The van der Waals surface area contributed by atoms with E-state index in [1.165, 1.54) is 11.3 Å². The molecule has 2 aliphatic heterocycles. The molecule has 1 saturated heterocycles. The van der Waals surface area contributed by atoms with Gasteiger partial charge in [-0.2, -0.15) is 0 Å². The van der Waals surface area contributed by atoms with E-state index in [0.717, 1.165) is 45.0 Å². The molecule has 3 rings (SSSR count). The van der Waals surface area contributed by atoms with Gasteiger partial charge in [0, 0.05) is 57.8 Å². The number of carbonyl (C=O) groups is 1. The van der Waals surface area contributed by atoms with Gasteiger partial charge in [0.25, 0.3) is 0 Å². The number of nitrogens with one attached hydrogen (secondary N) is 1. The summed E-state index contributed by atoms with van der Waals surface area (Å²) in [7, 11) is 0. The SMILES string of the molecule is CC(C)(C)CC(=O)N1CCc2nc(N3CCNCC3)ccc2C1. The molecule has 0 saturated carbocycles. The van der Waals surface area contributed by atoms with Crippen LogP contribution in [0.4, 0.5) is 5.82 Å². The first-order valence-corrected chi connectivity index (χ1v) is 8.65. The van der Waals surface area contributed by atoms with Crippen molar-refractivity contribution in [3.05, 3.63) is 23.4 Å². The van der Waals surface area contributed by atoms with Crippen molar-refractivity contribution in [1.29, 1.82) is 0 Å². The van der Waals surface area contributed by atoms with Crippen LogP contribution in [0.1, 0.15) is 38.4 Å². The molecule has 0 aliphatic carbocycles. The van der Waals surface area contributed by atoms with E-state index in [1.807, 2.05) is 4.90 Å². The molecule has 0 spiro atoms. The van der Waals surface area contributed by atoms with E-state index in [9.17, 15) is 4.79 Å². The molecule has 0 aromatic carbocycles. The van der Waals surface area contributed by atoms with Gasteiger partial charge in [-0.3, -0.25) is 4.79 Å². The molecule has 5 heteroatoms. The molecule has 3 heterocycles. The number of amides is 1. The van der Waals surface area contributed by atoms with Gasteiger partial charge in [0.15, 0.2) is 0 Å². The topological polar surface area (TPSA) is 48.5 Å². The van der Waals surface area contributed by atoms with E-state index in [4.69, 9.17) is 4.98 Å². The van der Waals surface area contributed by atoms with E-state index >= 15 is 0 Å². The number of hydrogen-bond donors (Lipinski definition) is 1. The van der Waals surface area contributed by atoms with Gasteiger partial charge in [-0.15, -0.1) is 0 Å². The molecule has 0 atom stereocenters. The zero-order chi connectivity index (χ0) is 16.4. The van der Waals surface area contributed by atoms with Crippen molar-refractivity contribution < 1.29 is 4.79 Å². The van der Waals surface area contributed by atoms with Crippen LogP contribution in [0.5, 0.6) is 0 Å². The standard InChI is InChI=1S/C18H28N4O/c1-18(2,3)12-17(23)22-9-6-15-14(13-22)4-5-16(20-15)21-10-7-19-8-11-21/h4-5,19H,6-13H2,1-3H3. The highest BCUT2D eigenvalue weighted by Gasteiger charge is 2.25. The largest absolute Gasteiger partial charge is 0.354 e. The van der Waals surface area contributed by atoms with Gasteiger partial charge in [-0.1, -0.05) is 26.8 Å². The van der Waals surface area contributed by atoms with Gasteiger partial charge < -0.3 is 15.1 Å². The monoisotopic (exact) mass is 316 g/mol. The average molecular weight is 316 g/mol. The lowest BCUT2D eigenvalue weighted by Crippen LogP contribution is -2.44. The Morgan fingerprint density at radius 2 is 1.96 bits per heavy atom. The summed E-state index contributed by atoms with van der Waals surface area (Å²) in [6.45, 7) is 11.9. The maximum atomic E-state index is 12.4. The van der Waals surface area contributed by atoms with Gasteiger partial charge in [-0.05, 0) is 17.0 Å². The smallest absolute Gasteiger partial charge is 0.223 e. The van der Waals surface area contributed by atoms with Gasteiger partial charge in [-0.25, -0.2) is 4.98 Å². The second-order valence-corrected chi connectivity index (χ2v) is 7.82. The number of nitrogens with zero attached hydrogens (tertiary/aromatic N) is 3. The van der Waals surface area contributed by atoms with Crippen molar-refractivity contribution in [2.75, 3.05) is 37.6 Å². The van der Waals surface area contributed by atoms with Crippen LogP contribution < -0.4 is 10.2 Å². The lowest BCUT2D eigenvalue weighted by molar-refractivity contribution is -0.134. The maximum Gasteiger partial charge on any atom is 0.223 e. The number of aromatic nitrogens is 1. The minimum absolute atomic E-state index is 0.0434. The first kappa shape index (κ1) is 16.2. The summed E-state index contributed by atoms with van der Waals surface area (Å²) in [5.74, 6) is 1.34. The summed E-state index contributed by atoms with van der Waals surface area (Å²) in [6, 6.07) is 4.28. The first-order chi connectivity index (χ1) is 10.9. The van der Waals surface area contributed by atoms with Crippen molar-refractivity contribution >= 4 is 11.7 Å². The van der Waals surface area contributed by atoms with E-state index < -0.39 is 0 Å². The molecule has 126 valence electrons. The van der Waals surface area contributed by atoms with Crippen molar-refractivity contribution in [1.82, 2.24) is 15.2 Å². The molecule has 1 N–H and O–H groups in total. The minimum atomic E-state index is 0.0434. The number of anilines is 1. The van der Waals surface area contributed by atoms with Crippen molar-refractivity contribution in [3.8, 4) is 0 Å². The van der Waals surface area contributed by atoms with Crippen LogP contribution in [0.25, 0.3) is 0 Å². The fraction of sp³-hybridized carbons (Fsp3) is 0.667. The third kappa shape index (κ3) is 4.02. The molecule has 0 bridgehead atoms. The maximum absolute atomic E-state index is 12.4. The second-order valence-electron chi connectivity index (χ2n) is 7.82. The molecule has 1 amide bonds. The summed E-state index contributed by atoms with van der Waals surface area (Å²) in [6.07, 6.45) is 1.47. The number of fused-ring (bicyclic) bond motifs is 1.